The van der Waals surface area contributed by atoms with E-state index in [2.05, 4.69) is 10.3 Å². The smallest absolute Gasteiger partial charge is 0.410 e. The Morgan fingerprint density at radius 1 is 1.19 bits per heavy atom. The highest BCUT2D eigenvalue weighted by molar-refractivity contribution is 5.68. The van der Waals surface area contributed by atoms with Gasteiger partial charge in [0.1, 0.15) is 18.5 Å². The fourth-order valence-electron chi connectivity index (χ4n) is 3.37. The number of nitrogens with one attached hydrogen (secondary N) is 1. The molecule has 9 nitrogen and oxygen atoms in total. The van der Waals surface area contributed by atoms with Gasteiger partial charge in [-0.15, -0.1) is 4.73 Å². The van der Waals surface area contributed by atoms with Gasteiger partial charge in [0, 0.05) is 13.0 Å². The second-order valence-corrected chi connectivity index (χ2v) is 8.43. The van der Waals surface area contributed by atoms with Gasteiger partial charge in [0.25, 0.3) is 5.56 Å². The van der Waals surface area contributed by atoms with Gasteiger partial charge in [-0.2, -0.15) is 0 Å². The van der Waals surface area contributed by atoms with Crippen LogP contribution in [-0.2, 0) is 17.7 Å². The number of carbonyl (C=O) groups excluding carboxylic acids is 1. The summed E-state index contributed by atoms with van der Waals surface area (Å²) in [6.07, 6.45) is 0.0109. The van der Waals surface area contributed by atoms with Crippen molar-refractivity contribution in [3.8, 4) is 5.75 Å². The Morgan fingerprint density at radius 3 is 2.45 bits per heavy atom. The summed E-state index contributed by atoms with van der Waals surface area (Å²) >= 11 is 0. The topological polar surface area (TPSA) is 94.9 Å². The number of aromatic nitrogens is 2. The van der Waals surface area contributed by atoms with Crippen LogP contribution in [0.1, 0.15) is 50.6 Å². The Hall–Kier alpha value is -3.23. The van der Waals surface area contributed by atoms with Gasteiger partial charge in [-0.25, -0.2) is 9.78 Å². The largest absolute Gasteiger partial charge is 0.497 e. The van der Waals surface area contributed by atoms with E-state index in [1.165, 1.54) is 12.0 Å². The third-order valence-corrected chi connectivity index (χ3v) is 4.99. The molecule has 0 bridgehead atoms. The molecule has 1 N–H and O–H groups in total. The van der Waals surface area contributed by atoms with Crippen molar-refractivity contribution in [2.24, 2.45) is 0 Å². The van der Waals surface area contributed by atoms with Crippen LogP contribution < -0.4 is 20.5 Å². The van der Waals surface area contributed by atoms with E-state index < -0.39 is 11.7 Å². The Labute approximate surface area is 181 Å². The van der Waals surface area contributed by atoms with Gasteiger partial charge in [-0.05, 0) is 45.4 Å². The molecule has 31 heavy (non-hydrogen) atoms. The van der Waals surface area contributed by atoms with E-state index in [0.29, 0.717) is 30.2 Å². The lowest BCUT2D eigenvalue weighted by atomic mass is 10.1. The fraction of sp³-hybridized carbons (Fsp3) is 0.500. The van der Waals surface area contributed by atoms with Crippen LogP contribution in [0.2, 0.25) is 0 Å². The van der Waals surface area contributed by atoms with Gasteiger partial charge < -0.3 is 24.5 Å². The molecular formula is C22H30N4O5. The van der Waals surface area contributed by atoms with Crippen molar-refractivity contribution in [1.82, 2.24) is 14.6 Å². The summed E-state index contributed by atoms with van der Waals surface area (Å²) in [7, 11) is 3.03. The molecule has 168 valence electrons. The number of anilines is 1. The molecule has 3 rings (SSSR count). The zero-order chi connectivity index (χ0) is 22.8. The highest BCUT2D eigenvalue weighted by atomic mass is 16.7. The number of fused-ring (bicyclic) bond motifs is 1. The maximum atomic E-state index is 13.1. The molecule has 0 fully saturated rings. The molecule has 0 aliphatic carbocycles. The quantitative estimate of drug-likeness (QED) is 0.779. The van der Waals surface area contributed by atoms with Gasteiger partial charge >= 0.3 is 6.09 Å². The summed E-state index contributed by atoms with van der Waals surface area (Å²) < 4.78 is 11.8. The number of hydrogen-bond acceptors (Lipinski definition) is 7. The van der Waals surface area contributed by atoms with Crippen molar-refractivity contribution >= 4 is 12.0 Å². The van der Waals surface area contributed by atoms with Gasteiger partial charge in [-0.1, -0.05) is 12.1 Å². The Balaban J connectivity index is 1.84. The maximum absolute atomic E-state index is 13.1. The minimum Gasteiger partial charge on any atom is -0.497 e. The van der Waals surface area contributed by atoms with Crippen LogP contribution in [0.3, 0.4) is 0 Å². The van der Waals surface area contributed by atoms with Gasteiger partial charge in [0.15, 0.2) is 0 Å². The number of nitrogens with zero attached hydrogens (tertiary/aromatic N) is 3. The molecule has 0 unspecified atom stereocenters. The summed E-state index contributed by atoms with van der Waals surface area (Å²) in [6.45, 7) is 7.96. The van der Waals surface area contributed by atoms with Crippen LogP contribution in [0.4, 0.5) is 10.7 Å². The number of carbonyl (C=O) groups is 1. The molecule has 1 aromatic heterocycles. The molecular weight excluding hydrogens is 400 g/mol. The number of amides is 1. The lowest BCUT2D eigenvalue weighted by Crippen LogP contribution is -2.44. The highest BCUT2D eigenvalue weighted by Crippen LogP contribution is 2.23. The van der Waals surface area contributed by atoms with Gasteiger partial charge in [-0.3, -0.25) is 4.79 Å². The van der Waals surface area contributed by atoms with Crippen LogP contribution in [0.25, 0.3) is 0 Å². The van der Waals surface area contributed by atoms with Crippen LogP contribution in [0.15, 0.2) is 29.1 Å². The minimum absolute atomic E-state index is 0.126. The third-order valence-electron chi connectivity index (χ3n) is 4.99. The molecule has 1 amide bonds. The number of benzene rings is 1. The molecule has 0 spiro atoms. The van der Waals surface area contributed by atoms with E-state index in [0.717, 1.165) is 16.0 Å². The van der Waals surface area contributed by atoms with Crippen LogP contribution in [-0.4, -0.2) is 47.1 Å². The van der Waals surface area contributed by atoms with E-state index in [4.69, 9.17) is 14.3 Å². The molecule has 1 aromatic carbocycles. The van der Waals surface area contributed by atoms with Crippen molar-refractivity contribution in [3.63, 3.8) is 0 Å². The number of ether oxygens (including phenoxy) is 2. The van der Waals surface area contributed by atoms with E-state index in [1.54, 1.807) is 7.11 Å². The van der Waals surface area contributed by atoms with Crippen molar-refractivity contribution in [2.45, 2.75) is 52.3 Å². The standard InChI is InChI=1S/C22H30N4O5/c1-14(15-7-9-16(29-5)10-8-15)23-20-24-18-11-12-25(21(28)31-22(2,3)4)13-17(18)19(27)26(20)30-6/h7-10,14H,11-13H2,1-6H3,(H,23,24)/t14-/m0/s1. The molecule has 1 aliphatic heterocycles. The lowest BCUT2D eigenvalue weighted by molar-refractivity contribution is 0.0219. The average molecular weight is 431 g/mol. The third kappa shape index (κ3) is 5.10. The van der Waals surface area contributed by atoms with Crippen molar-refractivity contribution in [2.75, 3.05) is 26.1 Å². The lowest BCUT2D eigenvalue weighted by Gasteiger charge is -2.31. The first-order valence-electron chi connectivity index (χ1n) is 10.2. The van der Waals surface area contributed by atoms with E-state index >= 15 is 0 Å². The number of hydrogen-bond donors (Lipinski definition) is 1. The van der Waals surface area contributed by atoms with Gasteiger partial charge in [0.05, 0.1) is 31.0 Å². The van der Waals surface area contributed by atoms with Crippen molar-refractivity contribution in [1.29, 1.82) is 0 Å². The first kappa shape index (κ1) is 22.5. The molecule has 1 aliphatic rings. The second kappa shape index (κ2) is 8.87. The minimum atomic E-state index is -0.603. The molecule has 2 heterocycles. The molecule has 1 atom stereocenters. The molecule has 0 saturated heterocycles. The summed E-state index contributed by atoms with van der Waals surface area (Å²) in [5.41, 5.74) is 1.15. The molecule has 0 radical (unpaired) electrons. The Kier molecular flexibility index (Phi) is 6.42. The summed E-state index contributed by atoms with van der Waals surface area (Å²) in [4.78, 5) is 37.0. The highest BCUT2D eigenvalue weighted by Gasteiger charge is 2.29. The van der Waals surface area contributed by atoms with Crippen LogP contribution in [0.5, 0.6) is 5.75 Å². The van der Waals surface area contributed by atoms with E-state index in [-0.39, 0.29) is 18.1 Å². The summed E-state index contributed by atoms with van der Waals surface area (Å²) in [5, 5.41) is 3.25. The van der Waals surface area contributed by atoms with E-state index in [1.807, 2.05) is 52.0 Å². The first-order valence-corrected chi connectivity index (χ1v) is 10.2. The van der Waals surface area contributed by atoms with Crippen LogP contribution in [0, 0.1) is 0 Å². The zero-order valence-electron chi connectivity index (χ0n) is 18.9. The fourth-order valence-corrected chi connectivity index (χ4v) is 3.37. The van der Waals surface area contributed by atoms with Gasteiger partial charge in [0.2, 0.25) is 5.95 Å². The van der Waals surface area contributed by atoms with Crippen LogP contribution >= 0.6 is 0 Å². The zero-order valence-corrected chi connectivity index (χ0v) is 18.9. The second-order valence-electron chi connectivity index (χ2n) is 8.43. The Morgan fingerprint density at radius 2 is 1.87 bits per heavy atom. The summed E-state index contributed by atoms with van der Waals surface area (Å²) in [5.74, 6) is 1.09. The van der Waals surface area contributed by atoms with Crippen molar-refractivity contribution in [3.05, 3.63) is 51.4 Å². The average Bonchev–Trinajstić information content (AvgIpc) is 2.72. The SMILES string of the molecule is COc1ccc([C@H](C)Nc2nc3c(c(=O)n2OC)CN(C(=O)OC(C)(C)C)CC3)cc1. The first-order chi connectivity index (χ1) is 14.6. The normalized spacial score (nSPS) is 14.5. The molecule has 0 saturated carbocycles. The number of methoxy groups -OCH3 is 1. The predicted octanol–water partition coefficient (Wildman–Crippen LogP) is 2.78. The number of rotatable bonds is 5. The van der Waals surface area contributed by atoms with Crippen molar-refractivity contribution < 1.29 is 19.1 Å². The monoisotopic (exact) mass is 430 g/mol. The molecule has 9 heteroatoms. The maximum Gasteiger partial charge on any atom is 0.410 e. The molecule has 2 aromatic rings. The Bertz CT molecular complexity index is 995. The van der Waals surface area contributed by atoms with E-state index in [9.17, 15) is 9.59 Å². The summed E-state index contributed by atoms with van der Waals surface area (Å²) in [6, 6.07) is 7.52. The predicted molar refractivity (Wildman–Crippen MR) is 116 cm³/mol.